The van der Waals surface area contributed by atoms with E-state index in [0.717, 1.165) is 0 Å². The van der Waals surface area contributed by atoms with Crippen LogP contribution in [-0.4, -0.2) is 41.9 Å². The van der Waals surface area contributed by atoms with Crippen LogP contribution in [0.2, 0.25) is 0 Å². The number of aromatic nitrogens is 2. The zero-order valence-corrected chi connectivity index (χ0v) is 23.7. The van der Waals surface area contributed by atoms with E-state index >= 15 is 0 Å². The van der Waals surface area contributed by atoms with Crippen molar-refractivity contribution in [3.8, 4) is 22.8 Å². The fourth-order valence-corrected chi connectivity index (χ4v) is 4.38. The smallest absolute Gasteiger partial charge is 0.272 e. The fourth-order valence-electron chi connectivity index (χ4n) is 4.38. The van der Waals surface area contributed by atoms with Gasteiger partial charge in [0.05, 0.1) is 31.5 Å². The largest absolute Gasteiger partial charge is 0.496 e. The Morgan fingerprint density at radius 3 is 2.13 bits per heavy atom. The zero-order chi connectivity index (χ0) is 28.7. The van der Waals surface area contributed by atoms with Crippen molar-refractivity contribution in [1.82, 2.24) is 15.1 Å². The minimum Gasteiger partial charge on any atom is -0.496 e. The molecule has 1 heterocycles. The second kappa shape index (κ2) is 13.3. The highest BCUT2D eigenvalue weighted by Gasteiger charge is 2.26. The number of hydrogen-bond donors (Lipinski definition) is 2. The quantitative estimate of drug-likeness (QED) is 0.291. The van der Waals surface area contributed by atoms with Crippen molar-refractivity contribution < 1.29 is 23.5 Å². The summed E-state index contributed by atoms with van der Waals surface area (Å²) < 4.78 is 26.3. The van der Waals surface area contributed by atoms with Crippen LogP contribution in [0.1, 0.15) is 64.0 Å². The number of nitrogens with zero attached hydrogens (tertiary/aromatic N) is 2. The van der Waals surface area contributed by atoms with Gasteiger partial charge in [0.1, 0.15) is 17.3 Å². The molecule has 0 saturated carbocycles. The van der Waals surface area contributed by atoms with E-state index in [1.54, 1.807) is 20.3 Å². The zero-order valence-electron chi connectivity index (χ0n) is 23.7. The molecule has 0 aliphatic rings. The van der Waals surface area contributed by atoms with E-state index in [-0.39, 0.29) is 47.6 Å². The number of carbonyl (C=O) groups is 2. The van der Waals surface area contributed by atoms with Gasteiger partial charge in [-0.2, -0.15) is 5.10 Å². The first kappa shape index (κ1) is 29.7. The highest BCUT2D eigenvalue weighted by Crippen LogP contribution is 2.40. The number of rotatable bonds is 12. The normalized spacial score (nSPS) is 12.8. The van der Waals surface area contributed by atoms with Crippen molar-refractivity contribution in [1.29, 1.82) is 0 Å². The van der Waals surface area contributed by atoms with Crippen molar-refractivity contribution >= 4 is 17.5 Å². The molecule has 0 aliphatic carbocycles. The Morgan fingerprint density at radius 1 is 0.974 bits per heavy atom. The monoisotopic (exact) mass is 538 g/mol. The number of ether oxygens (including phenoxy) is 2. The number of benzene rings is 2. The Hall–Kier alpha value is -3.88. The molecule has 0 fully saturated rings. The minimum absolute atomic E-state index is 0.0240. The van der Waals surface area contributed by atoms with Crippen molar-refractivity contribution in [2.45, 2.75) is 59.5 Å². The molecule has 2 amide bonds. The number of nitrogens with one attached hydrogen (secondary N) is 2. The average molecular weight is 539 g/mol. The Balaban J connectivity index is 1.91. The molecule has 0 aliphatic heterocycles. The van der Waals surface area contributed by atoms with E-state index in [0.29, 0.717) is 34.9 Å². The maximum Gasteiger partial charge on any atom is 0.272 e. The molecule has 1 unspecified atom stereocenters. The highest BCUT2D eigenvalue weighted by atomic mass is 19.1. The van der Waals surface area contributed by atoms with Gasteiger partial charge in [-0.15, -0.1) is 0 Å². The van der Waals surface area contributed by atoms with Crippen LogP contribution in [0.15, 0.2) is 48.5 Å². The molecular weight excluding hydrogens is 499 g/mol. The van der Waals surface area contributed by atoms with Gasteiger partial charge in [0.15, 0.2) is 5.69 Å². The molecule has 0 saturated heterocycles. The molecule has 3 rings (SSSR count). The summed E-state index contributed by atoms with van der Waals surface area (Å²) in [6.45, 7) is 10.3. The Kier molecular flexibility index (Phi) is 10.1. The average Bonchev–Trinajstić information content (AvgIpc) is 3.33. The van der Waals surface area contributed by atoms with Gasteiger partial charge >= 0.3 is 0 Å². The number of halogens is 1. The SMILES string of the molecule is COc1cccc(OC)c1-c1cc(C(=O)N[C@H](CC(=O)Nc2ccc(F)cc2)CC(C)C)nn1C(C)C(C)C. The third kappa shape index (κ3) is 7.59. The predicted octanol–water partition coefficient (Wildman–Crippen LogP) is 6.10. The summed E-state index contributed by atoms with van der Waals surface area (Å²) in [4.78, 5) is 26.2. The van der Waals surface area contributed by atoms with Crippen molar-refractivity contribution in [3.63, 3.8) is 0 Å². The van der Waals surface area contributed by atoms with Gasteiger partial charge in [0.2, 0.25) is 5.91 Å². The van der Waals surface area contributed by atoms with Crippen LogP contribution in [0.4, 0.5) is 10.1 Å². The summed E-state index contributed by atoms with van der Waals surface area (Å²) in [6.07, 6.45) is 0.663. The highest BCUT2D eigenvalue weighted by molar-refractivity contribution is 5.95. The molecule has 0 spiro atoms. The van der Waals surface area contributed by atoms with E-state index in [1.807, 2.05) is 43.7 Å². The van der Waals surface area contributed by atoms with Gasteiger partial charge in [-0.3, -0.25) is 14.3 Å². The summed E-state index contributed by atoms with van der Waals surface area (Å²) >= 11 is 0. The van der Waals surface area contributed by atoms with Crippen LogP contribution in [0, 0.1) is 17.7 Å². The molecule has 2 atom stereocenters. The maximum absolute atomic E-state index is 13.5. The molecular formula is C30H39FN4O4. The lowest BCUT2D eigenvalue weighted by Gasteiger charge is -2.21. The Bertz CT molecular complexity index is 1250. The molecule has 3 aromatic rings. The Labute approximate surface area is 229 Å². The van der Waals surface area contributed by atoms with Crippen LogP contribution in [0.25, 0.3) is 11.3 Å². The molecule has 9 heteroatoms. The summed E-state index contributed by atoms with van der Waals surface area (Å²) in [6, 6.07) is 12.4. The fraction of sp³-hybridized carbons (Fsp3) is 0.433. The van der Waals surface area contributed by atoms with Gasteiger partial charge in [0, 0.05) is 18.2 Å². The lowest BCUT2D eigenvalue weighted by Crippen LogP contribution is -2.38. The van der Waals surface area contributed by atoms with E-state index in [4.69, 9.17) is 14.6 Å². The molecule has 0 radical (unpaired) electrons. The van der Waals surface area contributed by atoms with Gasteiger partial charge in [0.25, 0.3) is 5.91 Å². The molecule has 210 valence electrons. The summed E-state index contributed by atoms with van der Waals surface area (Å²) in [5.74, 6) is 0.660. The van der Waals surface area contributed by atoms with Crippen molar-refractivity contribution in [2.75, 3.05) is 19.5 Å². The van der Waals surface area contributed by atoms with E-state index < -0.39 is 6.04 Å². The summed E-state index contributed by atoms with van der Waals surface area (Å²) in [5, 5.41) is 10.5. The molecule has 8 nitrogen and oxygen atoms in total. The molecule has 2 N–H and O–H groups in total. The first-order valence-electron chi connectivity index (χ1n) is 13.2. The summed E-state index contributed by atoms with van der Waals surface area (Å²) in [7, 11) is 3.18. The standard InChI is InChI=1S/C30H39FN4O4/c1-18(2)15-23(16-28(36)32-22-13-11-21(31)12-14-22)33-30(37)24-17-25(35(34-24)20(5)19(3)4)29-26(38-6)9-8-10-27(29)39-7/h8-14,17-20,23H,15-16H2,1-7H3,(H,32,36)(H,33,37)/t20?,23-/m0/s1. The van der Waals surface area contributed by atoms with Crippen LogP contribution >= 0.6 is 0 Å². The topological polar surface area (TPSA) is 94.5 Å². The van der Waals surface area contributed by atoms with Crippen LogP contribution in [-0.2, 0) is 4.79 Å². The number of hydrogen-bond acceptors (Lipinski definition) is 5. The third-order valence-electron chi connectivity index (χ3n) is 6.65. The number of carbonyl (C=O) groups excluding carboxylic acids is 2. The molecule has 39 heavy (non-hydrogen) atoms. The Morgan fingerprint density at radius 2 is 1.59 bits per heavy atom. The number of anilines is 1. The molecule has 1 aromatic heterocycles. The molecule has 2 aromatic carbocycles. The van der Waals surface area contributed by atoms with E-state index in [9.17, 15) is 14.0 Å². The van der Waals surface area contributed by atoms with Gasteiger partial charge in [-0.05, 0) is 67.6 Å². The number of amides is 2. The van der Waals surface area contributed by atoms with E-state index in [2.05, 4.69) is 24.5 Å². The van der Waals surface area contributed by atoms with Crippen molar-refractivity contribution in [3.05, 3.63) is 60.0 Å². The first-order valence-corrected chi connectivity index (χ1v) is 13.2. The third-order valence-corrected chi connectivity index (χ3v) is 6.65. The first-order chi connectivity index (χ1) is 18.5. The second-order valence-corrected chi connectivity index (χ2v) is 10.4. The summed E-state index contributed by atoms with van der Waals surface area (Å²) in [5.41, 5.74) is 2.13. The van der Waals surface area contributed by atoms with Crippen LogP contribution in [0.3, 0.4) is 0 Å². The lowest BCUT2D eigenvalue weighted by molar-refractivity contribution is -0.116. The van der Waals surface area contributed by atoms with Crippen molar-refractivity contribution in [2.24, 2.45) is 11.8 Å². The molecule has 0 bridgehead atoms. The van der Waals surface area contributed by atoms with Gasteiger partial charge in [-0.25, -0.2) is 4.39 Å². The second-order valence-electron chi connectivity index (χ2n) is 10.4. The van der Waals surface area contributed by atoms with Crippen LogP contribution < -0.4 is 20.1 Å². The van der Waals surface area contributed by atoms with Gasteiger partial charge in [-0.1, -0.05) is 33.8 Å². The van der Waals surface area contributed by atoms with Crippen LogP contribution in [0.5, 0.6) is 11.5 Å². The van der Waals surface area contributed by atoms with Gasteiger partial charge < -0.3 is 20.1 Å². The lowest BCUT2D eigenvalue weighted by atomic mass is 10.0. The van der Waals surface area contributed by atoms with E-state index in [1.165, 1.54) is 24.3 Å². The maximum atomic E-state index is 13.5. The number of methoxy groups -OCH3 is 2. The predicted molar refractivity (Wildman–Crippen MR) is 151 cm³/mol. The minimum atomic E-state index is -0.421.